The molecule has 0 aromatic heterocycles. The van der Waals surface area contributed by atoms with E-state index in [-0.39, 0.29) is 10.4 Å². The number of benzene rings is 1. The first kappa shape index (κ1) is 13.4. The van der Waals surface area contributed by atoms with Gasteiger partial charge in [-0.2, -0.15) is 8.42 Å². The second kappa shape index (κ2) is 4.69. The molecule has 1 aromatic carbocycles. The van der Waals surface area contributed by atoms with Crippen LogP contribution < -0.4 is 0 Å². The van der Waals surface area contributed by atoms with Gasteiger partial charge in [0.05, 0.1) is 12.0 Å². The van der Waals surface area contributed by atoms with Gasteiger partial charge in [0.2, 0.25) is 0 Å². The summed E-state index contributed by atoms with van der Waals surface area (Å²) in [6, 6.07) is 3.40. The van der Waals surface area contributed by atoms with Crippen LogP contribution in [0.3, 0.4) is 0 Å². The fraction of sp³-hybridized carbons (Fsp3) is 0.455. The van der Waals surface area contributed by atoms with Gasteiger partial charge in [-0.15, -0.1) is 0 Å². The quantitative estimate of drug-likeness (QED) is 0.612. The van der Waals surface area contributed by atoms with E-state index in [1.165, 1.54) is 7.11 Å². The minimum Gasteiger partial charge on any atom is -0.270 e. The van der Waals surface area contributed by atoms with E-state index in [2.05, 4.69) is 14.4 Å². The van der Waals surface area contributed by atoms with Gasteiger partial charge in [-0.05, 0) is 42.1 Å². The van der Waals surface area contributed by atoms with Crippen molar-refractivity contribution in [1.82, 2.24) is 0 Å². The predicted molar refractivity (Wildman–Crippen MR) is 64.3 cm³/mol. The van der Waals surface area contributed by atoms with E-state index < -0.39 is 10.1 Å². The lowest BCUT2D eigenvalue weighted by atomic mass is 10.0. The Bertz CT molecular complexity index is 492. The molecule has 1 atom stereocenters. The third kappa shape index (κ3) is 2.36. The molecular weight excluding hydrogens is 240 g/mol. The lowest BCUT2D eigenvalue weighted by Gasteiger charge is -2.15. The van der Waals surface area contributed by atoms with Crippen molar-refractivity contribution in [2.45, 2.75) is 31.2 Å². The Morgan fingerprint density at radius 3 is 2.25 bits per heavy atom. The standard InChI is InChI=1S/C11H15O3SSi/c1-7-8(2)11(15(12,13)14-4)6-5-10(7)9(3)16/h5-6,9H,1-4H3. The van der Waals surface area contributed by atoms with E-state index in [0.29, 0.717) is 0 Å². The molecule has 0 aliphatic heterocycles. The van der Waals surface area contributed by atoms with Crippen LogP contribution in [0, 0.1) is 13.8 Å². The smallest absolute Gasteiger partial charge is 0.270 e. The van der Waals surface area contributed by atoms with Crippen molar-refractivity contribution in [3.05, 3.63) is 28.8 Å². The monoisotopic (exact) mass is 255 g/mol. The van der Waals surface area contributed by atoms with Gasteiger partial charge in [-0.1, -0.05) is 13.0 Å². The minimum absolute atomic E-state index is 0.193. The van der Waals surface area contributed by atoms with Crippen molar-refractivity contribution in [2.75, 3.05) is 7.11 Å². The molecule has 0 heterocycles. The summed E-state index contributed by atoms with van der Waals surface area (Å²) in [5.41, 5.74) is 2.99. The van der Waals surface area contributed by atoms with E-state index in [9.17, 15) is 8.42 Å². The molecule has 0 aliphatic carbocycles. The van der Waals surface area contributed by atoms with E-state index in [1.54, 1.807) is 13.0 Å². The van der Waals surface area contributed by atoms with Crippen molar-refractivity contribution in [3.8, 4) is 0 Å². The Kier molecular flexibility index (Phi) is 3.93. The highest BCUT2D eigenvalue weighted by Gasteiger charge is 2.19. The molecule has 0 aliphatic rings. The Morgan fingerprint density at radius 1 is 1.25 bits per heavy atom. The van der Waals surface area contributed by atoms with Gasteiger partial charge in [0.15, 0.2) is 0 Å². The second-order valence-corrected chi connectivity index (χ2v) is 6.29. The molecule has 0 fully saturated rings. The van der Waals surface area contributed by atoms with Crippen LogP contribution in [0.4, 0.5) is 0 Å². The highest BCUT2D eigenvalue weighted by Crippen LogP contribution is 2.26. The van der Waals surface area contributed by atoms with E-state index >= 15 is 0 Å². The van der Waals surface area contributed by atoms with Crippen LogP contribution in [0.1, 0.15) is 29.2 Å². The molecule has 0 spiro atoms. The zero-order valence-electron chi connectivity index (χ0n) is 9.87. The van der Waals surface area contributed by atoms with Crippen molar-refractivity contribution in [2.24, 2.45) is 0 Å². The molecule has 1 aromatic rings. The maximum atomic E-state index is 11.6. The molecule has 0 N–H and O–H groups in total. The van der Waals surface area contributed by atoms with Crippen molar-refractivity contribution >= 4 is 20.4 Å². The molecule has 16 heavy (non-hydrogen) atoms. The topological polar surface area (TPSA) is 43.4 Å². The van der Waals surface area contributed by atoms with Gasteiger partial charge in [-0.25, -0.2) is 0 Å². The van der Waals surface area contributed by atoms with Gasteiger partial charge in [0.1, 0.15) is 0 Å². The maximum absolute atomic E-state index is 11.6. The molecular formula is C11H15O3SSi. The van der Waals surface area contributed by atoms with Gasteiger partial charge in [0.25, 0.3) is 10.1 Å². The van der Waals surface area contributed by atoms with Crippen molar-refractivity contribution in [3.63, 3.8) is 0 Å². The van der Waals surface area contributed by atoms with Gasteiger partial charge in [0, 0.05) is 10.2 Å². The first-order chi connectivity index (χ1) is 7.31. The number of hydrogen-bond acceptors (Lipinski definition) is 3. The van der Waals surface area contributed by atoms with Crippen LogP contribution in [0.2, 0.25) is 0 Å². The number of rotatable bonds is 3. The highest BCUT2D eigenvalue weighted by molar-refractivity contribution is 7.86. The lowest BCUT2D eigenvalue weighted by Crippen LogP contribution is -2.08. The lowest BCUT2D eigenvalue weighted by molar-refractivity contribution is 0.397. The summed E-state index contributed by atoms with van der Waals surface area (Å²) < 4.78 is 27.8. The molecule has 5 heteroatoms. The zero-order chi connectivity index (χ0) is 12.5. The fourth-order valence-electron chi connectivity index (χ4n) is 1.65. The van der Waals surface area contributed by atoms with Crippen LogP contribution in [0.25, 0.3) is 0 Å². The van der Waals surface area contributed by atoms with Crippen LogP contribution in [0.5, 0.6) is 0 Å². The summed E-state index contributed by atoms with van der Waals surface area (Å²) in [6.45, 7) is 5.71. The SMILES string of the molecule is COS(=O)(=O)c1ccc(C(C)[Si])c(C)c1C. The minimum atomic E-state index is -3.61. The second-order valence-electron chi connectivity index (χ2n) is 3.75. The molecule has 0 bridgehead atoms. The molecule has 0 saturated carbocycles. The molecule has 0 amide bonds. The summed E-state index contributed by atoms with van der Waals surface area (Å²) in [7, 11) is 1.09. The van der Waals surface area contributed by atoms with Crippen LogP contribution in [0.15, 0.2) is 17.0 Å². The predicted octanol–water partition coefficient (Wildman–Crippen LogP) is 1.87. The largest absolute Gasteiger partial charge is 0.296 e. The molecule has 1 rings (SSSR count). The highest BCUT2D eigenvalue weighted by atomic mass is 32.2. The Labute approximate surface area is 100 Å². The Morgan fingerprint density at radius 2 is 1.81 bits per heavy atom. The van der Waals surface area contributed by atoms with E-state index in [1.807, 2.05) is 19.9 Å². The molecule has 1 unspecified atom stereocenters. The van der Waals surface area contributed by atoms with E-state index in [0.717, 1.165) is 16.7 Å². The van der Waals surface area contributed by atoms with Gasteiger partial charge in [-0.3, -0.25) is 4.18 Å². The summed E-state index contributed by atoms with van der Waals surface area (Å²) >= 11 is 0. The van der Waals surface area contributed by atoms with Gasteiger partial charge >= 0.3 is 0 Å². The normalized spacial score (nSPS) is 13.8. The van der Waals surface area contributed by atoms with Gasteiger partial charge < -0.3 is 0 Å². The van der Waals surface area contributed by atoms with Crippen LogP contribution in [-0.2, 0) is 14.3 Å². The summed E-state index contributed by atoms with van der Waals surface area (Å²) in [4.78, 5) is 0.239. The third-order valence-electron chi connectivity index (χ3n) is 2.73. The maximum Gasteiger partial charge on any atom is 0.296 e. The van der Waals surface area contributed by atoms with Crippen LogP contribution in [-0.4, -0.2) is 25.8 Å². The molecule has 0 saturated heterocycles. The molecule has 3 radical (unpaired) electrons. The van der Waals surface area contributed by atoms with E-state index in [4.69, 9.17) is 0 Å². The fourth-order valence-corrected chi connectivity index (χ4v) is 2.90. The zero-order valence-corrected chi connectivity index (χ0v) is 11.7. The molecule has 87 valence electrons. The summed E-state index contributed by atoms with van der Waals surface area (Å²) in [5, 5.41) is 0. The first-order valence-corrected chi connectivity index (χ1v) is 6.91. The average molecular weight is 255 g/mol. The van der Waals surface area contributed by atoms with Crippen LogP contribution >= 0.6 is 0 Å². The van der Waals surface area contributed by atoms with Crippen molar-refractivity contribution in [1.29, 1.82) is 0 Å². The Hall–Kier alpha value is -0.653. The number of hydrogen-bond donors (Lipinski definition) is 0. The third-order valence-corrected chi connectivity index (χ3v) is 4.47. The summed E-state index contributed by atoms with van der Waals surface area (Å²) in [5.74, 6) is 0. The van der Waals surface area contributed by atoms with Crippen molar-refractivity contribution < 1.29 is 12.6 Å². The Balaban J connectivity index is 3.45. The summed E-state index contributed by atoms with van der Waals surface area (Å²) in [6.07, 6.45) is 0. The average Bonchev–Trinajstić information content (AvgIpc) is 2.21. The first-order valence-electron chi connectivity index (χ1n) is 4.93. The molecule has 3 nitrogen and oxygen atoms in total.